The normalized spacial score (nSPS) is 16.3. The van der Waals surface area contributed by atoms with Crippen molar-refractivity contribution in [2.75, 3.05) is 57.9 Å². The van der Waals surface area contributed by atoms with Crippen LogP contribution < -0.4 is 10.2 Å². The van der Waals surface area contributed by atoms with Gasteiger partial charge in [-0.2, -0.15) is 0 Å². The molecule has 130 valence electrons. The number of piperazine rings is 1. The Kier molecular flexibility index (Phi) is 7.68. The maximum absolute atomic E-state index is 5.61. The van der Waals surface area contributed by atoms with Gasteiger partial charge in [0.25, 0.3) is 0 Å². The van der Waals surface area contributed by atoms with Gasteiger partial charge >= 0.3 is 0 Å². The summed E-state index contributed by atoms with van der Waals surface area (Å²) in [5.41, 5.74) is 0. The standard InChI is InChI=1S/C17H30N4OS/c1-15(2)14-22-12-5-7-19-17(18-3)21-10-8-20(9-11-21)16-6-4-13-23-16/h4,6,13,15H,5,7-12,14H2,1-3H3,(H,18,19). The molecule has 2 heterocycles. The molecule has 1 aromatic heterocycles. The molecule has 2 rings (SSSR count). The third-order valence-corrected chi connectivity index (χ3v) is 4.74. The molecular formula is C17H30N4OS. The minimum atomic E-state index is 0.607. The van der Waals surface area contributed by atoms with Gasteiger partial charge in [-0.3, -0.25) is 4.99 Å². The van der Waals surface area contributed by atoms with Crippen LogP contribution in [0.25, 0.3) is 0 Å². The molecule has 0 aromatic carbocycles. The number of rotatable bonds is 7. The SMILES string of the molecule is CN=C(NCCCOCC(C)C)N1CCN(c2cccs2)CC1. The van der Waals surface area contributed by atoms with Crippen LogP contribution in [0.4, 0.5) is 5.00 Å². The molecule has 0 bridgehead atoms. The molecule has 1 fully saturated rings. The van der Waals surface area contributed by atoms with Crippen molar-refractivity contribution < 1.29 is 4.74 Å². The van der Waals surface area contributed by atoms with Gasteiger partial charge in [-0.25, -0.2) is 0 Å². The van der Waals surface area contributed by atoms with E-state index in [0.29, 0.717) is 5.92 Å². The van der Waals surface area contributed by atoms with E-state index < -0.39 is 0 Å². The lowest BCUT2D eigenvalue weighted by Gasteiger charge is -2.37. The monoisotopic (exact) mass is 338 g/mol. The molecule has 1 aromatic rings. The predicted molar refractivity (Wildman–Crippen MR) is 99.7 cm³/mol. The number of nitrogens with zero attached hydrogens (tertiary/aromatic N) is 3. The average Bonchev–Trinajstić information content (AvgIpc) is 3.09. The number of aliphatic imine (C=N–C) groups is 1. The fraction of sp³-hybridized carbons (Fsp3) is 0.706. The van der Waals surface area contributed by atoms with Crippen molar-refractivity contribution in [3.05, 3.63) is 17.5 Å². The lowest BCUT2D eigenvalue weighted by atomic mass is 10.2. The summed E-state index contributed by atoms with van der Waals surface area (Å²) in [7, 11) is 1.86. The van der Waals surface area contributed by atoms with Gasteiger partial charge in [0.1, 0.15) is 0 Å². The van der Waals surface area contributed by atoms with E-state index in [0.717, 1.165) is 58.3 Å². The Balaban J connectivity index is 1.65. The van der Waals surface area contributed by atoms with Crippen LogP contribution >= 0.6 is 11.3 Å². The van der Waals surface area contributed by atoms with Gasteiger partial charge in [0.15, 0.2) is 5.96 Å². The van der Waals surface area contributed by atoms with Crippen molar-refractivity contribution in [2.45, 2.75) is 20.3 Å². The van der Waals surface area contributed by atoms with Crippen molar-refractivity contribution in [2.24, 2.45) is 10.9 Å². The zero-order valence-corrected chi connectivity index (χ0v) is 15.4. The van der Waals surface area contributed by atoms with E-state index in [9.17, 15) is 0 Å². The number of nitrogens with one attached hydrogen (secondary N) is 1. The number of hydrogen-bond donors (Lipinski definition) is 1. The second-order valence-corrected chi connectivity index (χ2v) is 7.15. The third kappa shape index (κ3) is 6.03. The highest BCUT2D eigenvalue weighted by Gasteiger charge is 2.19. The lowest BCUT2D eigenvalue weighted by Crippen LogP contribution is -2.52. The number of ether oxygens (including phenoxy) is 1. The van der Waals surface area contributed by atoms with E-state index in [4.69, 9.17) is 4.74 Å². The van der Waals surface area contributed by atoms with E-state index in [1.165, 1.54) is 5.00 Å². The first-order valence-electron chi connectivity index (χ1n) is 8.52. The third-order valence-electron chi connectivity index (χ3n) is 3.81. The Hall–Kier alpha value is -1.27. The predicted octanol–water partition coefficient (Wildman–Crippen LogP) is 2.51. The molecule has 0 radical (unpaired) electrons. The zero-order chi connectivity index (χ0) is 16.5. The number of guanidine groups is 1. The summed E-state index contributed by atoms with van der Waals surface area (Å²) < 4.78 is 5.61. The van der Waals surface area contributed by atoms with E-state index in [1.807, 2.05) is 18.4 Å². The summed E-state index contributed by atoms with van der Waals surface area (Å²) in [6.45, 7) is 11.1. The van der Waals surface area contributed by atoms with Gasteiger partial charge in [0, 0.05) is 53.0 Å². The second-order valence-electron chi connectivity index (χ2n) is 6.22. The summed E-state index contributed by atoms with van der Waals surface area (Å²) in [6, 6.07) is 4.32. The first kappa shape index (κ1) is 18.1. The minimum absolute atomic E-state index is 0.607. The van der Waals surface area contributed by atoms with Gasteiger partial charge in [0.05, 0.1) is 5.00 Å². The van der Waals surface area contributed by atoms with Crippen LogP contribution in [-0.2, 0) is 4.74 Å². The van der Waals surface area contributed by atoms with Crippen LogP contribution in [0.2, 0.25) is 0 Å². The van der Waals surface area contributed by atoms with Crippen LogP contribution in [0.15, 0.2) is 22.5 Å². The topological polar surface area (TPSA) is 40.1 Å². The van der Waals surface area contributed by atoms with Gasteiger partial charge in [-0.05, 0) is 29.9 Å². The molecule has 0 aliphatic carbocycles. The summed E-state index contributed by atoms with van der Waals surface area (Å²) in [4.78, 5) is 9.22. The Morgan fingerprint density at radius 3 is 2.74 bits per heavy atom. The maximum atomic E-state index is 5.61. The van der Waals surface area contributed by atoms with Gasteiger partial charge in [-0.15, -0.1) is 11.3 Å². The molecule has 1 N–H and O–H groups in total. The van der Waals surface area contributed by atoms with E-state index in [1.54, 1.807) is 0 Å². The first-order chi connectivity index (χ1) is 11.2. The van der Waals surface area contributed by atoms with Crippen LogP contribution in [0, 0.1) is 5.92 Å². The van der Waals surface area contributed by atoms with Crippen molar-refractivity contribution >= 4 is 22.3 Å². The van der Waals surface area contributed by atoms with Crippen LogP contribution in [-0.4, -0.2) is 63.8 Å². The van der Waals surface area contributed by atoms with Gasteiger partial charge in [-0.1, -0.05) is 13.8 Å². The van der Waals surface area contributed by atoms with E-state index >= 15 is 0 Å². The molecule has 0 unspecified atom stereocenters. The van der Waals surface area contributed by atoms with Crippen molar-refractivity contribution in [1.29, 1.82) is 0 Å². The highest BCUT2D eigenvalue weighted by molar-refractivity contribution is 7.14. The van der Waals surface area contributed by atoms with Gasteiger partial charge < -0.3 is 19.9 Å². The number of thiophene rings is 1. The van der Waals surface area contributed by atoms with Crippen molar-refractivity contribution in [3.63, 3.8) is 0 Å². The average molecular weight is 339 g/mol. The second kappa shape index (κ2) is 9.78. The molecule has 1 aliphatic rings. The Bertz CT molecular complexity index is 453. The molecule has 0 atom stereocenters. The highest BCUT2D eigenvalue weighted by Crippen LogP contribution is 2.22. The fourth-order valence-electron chi connectivity index (χ4n) is 2.61. The largest absolute Gasteiger partial charge is 0.381 e. The number of anilines is 1. The summed E-state index contributed by atoms with van der Waals surface area (Å²) in [5, 5.41) is 6.97. The van der Waals surface area contributed by atoms with Crippen LogP contribution in [0.5, 0.6) is 0 Å². The first-order valence-corrected chi connectivity index (χ1v) is 9.40. The smallest absolute Gasteiger partial charge is 0.193 e. The molecule has 0 spiro atoms. The summed E-state index contributed by atoms with van der Waals surface area (Å²) in [5.74, 6) is 1.62. The van der Waals surface area contributed by atoms with E-state index in [2.05, 4.69) is 51.5 Å². The molecule has 1 saturated heterocycles. The summed E-state index contributed by atoms with van der Waals surface area (Å²) in [6.07, 6.45) is 1.01. The molecule has 1 aliphatic heterocycles. The molecule has 23 heavy (non-hydrogen) atoms. The minimum Gasteiger partial charge on any atom is -0.381 e. The van der Waals surface area contributed by atoms with Gasteiger partial charge in [0.2, 0.25) is 0 Å². The zero-order valence-electron chi connectivity index (χ0n) is 14.6. The quantitative estimate of drug-likeness (QED) is 0.471. The molecule has 6 heteroatoms. The number of hydrogen-bond acceptors (Lipinski definition) is 4. The molecular weight excluding hydrogens is 308 g/mol. The Labute approximate surface area is 144 Å². The van der Waals surface area contributed by atoms with Crippen molar-refractivity contribution in [3.8, 4) is 0 Å². The van der Waals surface area contributed by atoms with Crippen LogP contribution in [0.3, 0.4) is 0 Å². The Morgan fingerprint density at radius 2 is 2.13 bits per heavy atom. The summed E-state index contributed by atoms with van der Waals surface area (Å²) >= 11 is 1.82. The van der Waals surface area contributed by atoms with Crippen LogP contribution in [0.1, 0.15) is 20.3 Å². The van der Waals surface area contributed by atoms with E-state index in [-0.39, 0.29) is 0 Å². The maximum Gasteiger partial charge on any atom is 0.193 e. The fourth-order valence-corrected chi connectivity index (χ4v) is 3.40. The molecule has 0 saturated carbocycles. The van der Waals surface area contributed by atoms with Crippen molar-refractivity contribution in [1.82, 2.24) is 10.2 Å². The molecule has 0 amide bonds. The highest BCUT2D eigenvalue weighted by atomic mass is 32.1. The Morgan fingerprint density at radius 1 is 1.35 bits per heavy atom. The lowest BCUT2D eigenvalue weighted by molar-refractivity contribution is 0.108. The molecule has 5 nitrogen and oxygen atoms in total.